The van der Waals surface area contributed by atoms with Crippen LogP contribution in [-0.2, 0) is 6.54 Å². The lowest BCUT2D eigenvalue weighted by atomic mass is 10.2. The molecule has 102 valence electrons. The molecule has 0 saturated carbocycles. The van der Waals surface area contributed by atoms with E-state index in [1.54, 1.807) is 0 Å². The van der Waals surface area contributed by atoms with Gasteiger partial charge in [0.05, 0.1) is 0 Å². The molecular weight excluding hydrogens is 245 g/mol. The molecule has 0 aromatic carbocycles. The molecule has 6 heteroatoms. The zero-order valence-electron chi connectivity index (χ0n) is 10.6. The van der Waals surface area contributed by atoms with Crippen LogP contribution in [0.1, 0.15) is 26.3 Å². The maximum Gasteiger partial charge on any atom is 0.425 e. The zero-order chi connectivity index (χ0) is 13.8. The predicted octanol–water partition coefficient (Wildman–Crippen LogP) is 2.91. The lowest BCUT2D eigenvalue weighted by Gasteiger charge is -2.20. The molecule has 0 amide bonds. The summed E-state index contributed by atoms with van der Waals surface area (Å²) in [6.07, 6.45) is -3.28. The average molecular weight is 262 g/mol. The summed E-state index contributed by atoms with van der Waals surface area (Å²) < 4.78 is 42.2. The fraction of sp³-hybridized carbons (Fsp3) is 0.583. The fourth-order valence-corrected chi connectivity index (χ4v) is 1.23. The zero-order valence-corrected chi connectivity index (χ0v) is 10.6. The highest BCUT2D eigenvalue weighted by molar-refractivity contribution is 5.30. The molecule has 0 aliphatic rings. The fourth-order valence-electron chi connectivity index (χ4n) is 1.23. The highest BCUT2D eigenvalue weighted by atomic mass is 19.4. The number of hydrogen-bond donors (Lipinski definition) is 1. The first-order valence-corrected chi connectivity index (χ1v) is 5.70. The van der Waals surface area contributed by atoms with Crippen LogP contribution in [-0.4, -0.2) is 23.3 Å². The number of rotatable bonds is 5. The summed E-state index contributed by atoms with van der Waals surface area (Å²) in [7, 11) is 0. The van der Waals surface area contributed by atoms with Gasteiger partial charge in [-0.25, -0.2) is 0 Å². The van der Waals surface area contributed by atoms with E-state index in [-0.39, 0.29) is 11.8 Å². The highest BCUT2D eigenvalue weighted by Crippen LogP contribution is 2.26. The molecule has 0 bridgehead atoms. The van der Waals surface area contributed by atoms with Crippen LogP contribution in [0.25, 0.3) is 0 Å². The van der Waals surface area contributed by atoms with Gasteiger partial charge in [0.15, 0.2) is 6.10 Å². The van der Waals surface area contributed by atoms with Gasteiger partial charge in [0.1, 0.15) is 5.75 Å². The molecule has 18 heavy (non-hydrogen) atoms. The number of ether oxygens (including phenoxy) is 1. The monoisotopic (exact) mass is 262 g/mol. The number of hydrogen-bond acceptors (Lipinski definition) is 3. The standard InChI is InChI=1S/C12H17F3N2O/c1-8(2)17-7-10-6-16-5-4-11(10)18-9(3)12(13,14)15/h4-6,8-9,17H,7H2,1-3H3. The molecule has 1 rings (SSSR count). The first-order chi connectivity index (χ1) is 8.30. The Kier molecular flexibility index (Phi) is 4.95. The van der Waals surface area contributed by atoms with Gasteiger partial charge < -0.3 is 10.1 Å². The van der Waals surface area contributed by atoms with Gasteiger partial charge in [-0.1, -0.05) is 13.8 Å². The normalized spacial score (nSPS) is 13.7. The molecule has 0 aliphatic carbocycles. The number of nitrogens with zero attached hydrogens (tertiary/aromatic N) is 1. The highest BCUT2D eigenvalue weighted by Gasteiger charge is 2.38. The molecule has 0 saturated heterocycles. The third kappa shape index (κ3) is 4.52. The number of aromatic nitrogens is 1. The lowest BCUT2D eigenvalue weighted by Crippen LogP contribution is -2.32. The summed E-state index contributed by atoms with van der Waals surface area (Å²) in [6.45, 7) is 5.32. The third-order valence-electron chi connectivity index (χ3n) is 2.32. The van der Waals surface area contributed by atoms with E-state index in [1.165, 1.54) is 18.5 Å². The summed E-state index contributed by atoms with van der Waals surface area (Å²) in [4.78, 5) is 3.89. The largest absolute Gasteiger partial charge is 0.481 e. The van der Waals surface area contributed by atoms with Crippen LogP contribution in [0.3, 0.4) is 0 Å². The van der Waals surface area contributed by atoms with Crippen LogP contribution in [0.15, 0.2) is 18.5 Å². The van der Waals surface area contributed by atoms with Crippen LogP contribution in [0.5, 0.6) is 5.75 Å². The van der Waals surface area contributed by atoms with E-state index in [2.05, 4.69) is 10.3 Å². The van der Waals surface area contributed by atoms with Crippen molar-refractivity contribution in [2.24, 2.45) is 0 Å². The Labute approximate surface area is 104 Å². The maximum atomic E-state index is 12.4. The van der Waals surface area contributed by atoms with Crippen molar-refractivity contribution in [1.82, 2.24) is 10.3 Å². The topological polar surface area (TPSA) is 34.2 Å². The van der Waals surface area contributed by atoms with Crippen LogP contribution in [0.4, 0.5) is 13.2 Å². The predicted molar refractivity (Wildman–Crippen MR) is 62.4 cm³/mol. The molecule has 0 aliphatic heterocycles. The minimum Gasteiger partial charge on any atom is -0.481 e. The molecule has 1 aromatic heterocycles. The Morgan fingerprint density at radius 2 is 2.00 bits per heavy atom. The first kappa shape index (κ1) is 14.8. The van der Waals surface area contributed by atoms with Crippen molar-refractivity contribution in [2.75, 3.05) is 0 Å². The van der Waals surface area contributed by atoms with E-state index in [0.29, 0.717) is 12.1 Å². The number of pyridine rings is 1. The first-order valence-electron chi connectivity index (χ1n) is 5.70. The summed E-state index contributed by atoms with van der Waals surface area (Å²) in [6, 6.07) is 1.68. The Hall–Kier alpha value is -1.30. The van der Waals surface area contributed by atoms with Crippen molar-refractivity contribution in [3.05, 3.63) is 24.0 Å². The molecule has 0 fully saturated rings. The molecule has 0 spiro atoms. The second-order valence-corrected chi connectivity index (χ2v) is 4.32. The summed E-state index contributed by atoms with van der Waals surface area (Å²) in [5.41, 5.74) is 0.613. The van der Waals surface area contributed by atoms with Crippen molar-refractivity contribution in [3.8, 4) is 5.75 Å². The summed E-state index contributed by atoms with van der Waals surface area (Å²) in [5.74, 6) is 0.211. The minimum atomic E-state index is -4.37. The summed E-state index contributed by atoms with van der Waals surface area (Å²) >= 11 is 0. The van der Waals surface area contributed by atoms with Crippen LogP contribution in [0, 0.1) is 0 Å². The van der Waals surface area contributed by atoms with Gasteiger partial charge in [-0.2, -0.15) is 13.2 Å². The van der Waals surface area contributed by atoms with Crippen LogP contribution in [0.2, 0.25) is 0 Å². The van der Waals surface area contributed by atoms with Gasteiger partial charge in [0, 0.05) is 30.5 Å². The minimum absolute atomic E-state index is 0.211. The molecule has 1 heterocycles. The van der Waals surface area contributed by atoms with Crippen molar-refractivity contribution < 1.29 is 17.9 Å². The molecule has 1 unspecified atom stereocenters. The van der Waals surface area contributed by atoms with E-state index >= 15 is 0 Å². The number of alkyl halides is 3. The molecule has 3 nitrogen and oxygen atoms in total. The van der Waals surface area contributed by atoms with Gasteiger partial charge in [0.25, 0.3) is 0 Å². The second kappa shape index (κ2) is 6.04. The van der Waals surface area contributed by atoms with E-state index in [1.807, 2.05) is 13.8 Å². The molecule has 1 atom stereocenters. The average Bonchev–Trinajstić information content (AvgIpc) is 2.26. The van der Waals surface area contributed by atoms with Crippen molar-refractivity contribution >= 4 is 0 Å². The van der Waals surface area contributed by atoms with Gasteiger partial charge in [-0.15, -0.1) is 0 Å². The quantitative estimate of drug-likeness (QED) is 0.886. The van der Waals surface area contributed by atoms with Gasteiger partial charge in [0.2, 0.25) is 0 Å². The molecule has 1 aromatic rings. The van der Waals surface area contributed by atoms with E-state index < -0.39 is 12.3 Å². The molecule has 0 radical (unpaired) electrons. The number of halogens is 3. The number of nitrogens with one attached hydrogen (secondary N) is 1. The molecule has 1 N–H and O–H groups in total. The van der Waals surface area contributed by atoms with Gasteiger partial charge in [-0.05, 0) is 13.0 Å². The third-order valence-corrected chi connectivity index (χ3v) is 2.32. The SMILES string of the molecule is CC(C)NCc1cnccc1OC(C)C(F)(F)F. The van der Waals surface area contributed by atoms with Crippen molar-refractivity contribution in [2.45, 2.75) is 45.6 Å². The Morgan fingerprint density at radius 3 is 2.56 bits per heavy atom. The maximum absolute atomic E-state index is 12.4. The van der Waals surface area contributed by atoms with Crippen molar-refractivity contribution in [3.63, 3.8) is 0 Å². The van der Waals surface area contributed by atoms with E-state index in [0.717, 1.165) is 6.92 Å². The van der Waals surface area contributed by atoms with E-state index in [9.17, 15) is 13.2 Å². The van der Waals surface area contributed by atoms with Gasteiger partial charge in [-0.3, -0.25) is 4.98 Å². The summed E-state index contributed by atoms with van der Waals surface area (Å²) in [5, 5.41) is 3.11. The smallest absolute Gasteiger partial charge is 0.425 e. The van der Waals surface area contributed by atoms with Crippen LogP contribution >= 0.6 is 0 Å². The van der Waals surface area contributed by atoms with Crippen molar-refractivity contribution in [1.29, 1.82) is 0 Å². The van der Waals surface area contributed by atoms with Gasteiger partial charge >= 0.3 is 6.18 Å². The van der Waals surface area contributed by atoms with E-state index in [4.69, 9.17) is 4.74 Å². The second-order valence-electron chi connectivity index (χ2n) is 4.32. The Bertz CT molecular complexity index is 380. The Balaban J connectivity index is 2.76. The Morgan fingerprint density at radius 1 is 1.33 bits per heavy atom. The van der Waals surface area contributed by atoms with Crippen LogP contribution < -0.4 is 10.1 Å². The lowest BCUT2D eigenvalue weighted by molar-refractivity contribution is -0.189. The molecular formula is C12H17F3N2O.